The van der Waals surface area contributed by atoms with Gasteiger partial charge in [0.05, 0.1) is 17.7 Å². The van der Waals surface area contributed by atoms with Gasteiger partial charge in [-0.1, -0.05) is 12.1 Å². The number of benzene rings is 1. The van der Waals surface area contributed by atoms with E-state index in [4.69, 9.17) is 5.26 Å². The van der Waals surface area contributed by atoms with Crippen LogP contribution in [-0.2, 0) is 6.54 Å². The smallest absolute Gasteiger partial charge is 0.0991 e. The normalized spacial score (nSPS) is 14.5. The van der Waals surface area contributed by atoms with Crippen LogP contribution in [0.5, 0.6) is 0 Å². The summed E-state index contributed by atoms with van der Waals surface area (Å²) in [5, 5.41) is 18.3. The highest BCUT2D eigenvalue weighted by Crippen LogP contribution is 2.10. The minimum Gasteiger partial charge on any atom is -0.392 e. The molecule has 16 heavy (non-hydrogen) atoms. The van der Waals surface area contributed by atoms with Crippen molar-refractivity contribution in [1.82, 2.24) is 4.90 Å². The maximum absolute atomic E-state index is 9.48. The average molecular weight is 218 g/mol. The minimum absolute atomic E-state index is 0.103. The van der Waals surface area contributed by atoms with Crippen molar-refractivity contribution in [3.63, 3.8) is 0 Å². The standard InChI is InChI=1S/C13H18N2O/c1-10(11(2)16)15(3)9-13-6-4-5-12(7-13)8-14/h4-7,10-11,16H,9H2,1-3H3. The van der Waals surface area contributed by atoms with Crippen molar-refractivity contribution in [2.45, 2.75) is 32.5 Å². The Morgan fingerprint density at radius 1 is 1.44 bits per heavy atom. The van der Waals surface area contributed by atoms with Gasteiger partial charge >= 0.3 is 0 Å². The molecule has 1 rings (SSSR count). The van der Waals surface area contributed by atoms with Gasteiger partial charge in [0.2, 0.25) is 0 Å². The van der Waals surface area contributed by atoms with Crippen LogP contribution in [0.4, 0.5) is 0 Å². The van der Waals surface area contributed by atoms with Crippen LogP contribution in [0.25, 0.3) is 0 Å². The molecule has 0 saturated carbocycles. The summed E-state index contributed by atoms with van der Waals surface area (Å²) >= 11 is 0. The van der Waals surface area contributed by atoms with Crippen molar-refractivity contribution in [1.29, 1.82) is 5.26 Å². The summed E-state index contributed by atoms with van der Waals surface area (Å²) in [6, 6.07) is 9.78. The van der Waals surface area contributed by atoms with Gasteiger partial charge in [0.1, 0.15) is 0 Å². The van der Waals surface area contributed by atoms with E-state index in [9.17, 15) is 5.11 Å². The van der Waals surface area contributed by atoms with Crippen molar-refractivity contribution >= 4 is 0 Å². The molecular formula is C13H18N2O. The van der Waals surface area contributed by atoms with Crippen molar-refractivity contribution in [2.75, 3.05) is 7.05 Å². The molecule has 3 nitrogen and oxygen atoms in total. The van der Waals surface area contributed by atoms with Gasteiger partial charge in [0.25, 0.3) is 0 Å². The first-order valence-electron chi connectivity index (χ1n) is 5.42. The third-order valence-corrected chi connectivity index (χ3v) is 2.88. The molecule has 0 bridgehead atoms. The zero-order chi connectivity index (χ0) is 12.1. The summed E-state index contributed by atoms with van der Waals surface area (Å²) in [6.07, 6.45) is -0.357. The molecule has 0 aliphatic rings. The lowest BCUT2D eigenvalue weighted by molar-refractivity contribution is 0.0828. The van der Waals surface area contributed by atoms with Crippen molar-refractivity contribution in [3.05, 3.63) is 35.4 Å². The fraction of sp³-hybridized carbons (Fsp3) is 0.462. The summed E-state index contributed by atoms with van der Waals surface area (Å²) in [5.41, 5.74) is 1.77. The summed E-state index contributed by atoms with van der Waals surface area (Å²) in [6.45, 7) is 4.51. The second kappa shape index (κ2) is 5.64. The molecule has 3 heteroatoms. The Kier molecular flexibility index (Phi) is 4.48. The Balaban J connectivity index is 2.70. The Bertz CT molecular complexity index is 382. The fourth-order valence-electron chi connectivity index (χ4n) is 1.54. The molecule has 0 aliphatic heterocycles. The van der Waals surface area contributed by atoms with E-state index in [1.165, 1.54) is 0 Å². The number of nitrogens with zero attached hydrogens (tertiary/aromatic N) is 2. The van der Waals surface area contributed by atoms with Crippen LogP contribution in [0.1, 0.15) is 25.0 Å². The number of hydrogen-bond donors (Lipinski definition) is 1. The van der Waals surface area contributed by atoms with Crippen molar-refractivity contribution < 1.29 is 5.11 Å². The molecule has 86 valence electrons. The van der Waals surface area contributed by atoms with E-state index in [0.29, 0.717) is 5.56 Å². The molecular weight excluding hydrogens is 200 g/mol. The largest absolute Gasteiger partial charge is 0.392 e. The van der Waals surface area contributed by atoms with Crippen molar-refractivity contribution in [2.24, 2.45) is 0 Å². The molecule has 0 heterocycles. The van der Waals surface area contributed by atoms with E-state index in [0.717, 1.165) is 12.1 Å². The lowest BCUT2D eigenvalue weighted by atomic mass is 10.1. The minimum atomic E-state index is -0.357. The van der Waals surface area contributed by atoms with E-state index in [-0.39, 0.29) is 12.1 Å². The second-order valence-corrected chi connectivity index (χ2v) is 4.21. The molecule has 1 aromatic rings. The zero-order valence-electron chi connectivity index (χ0n) is 10.0. The van der Waals surface area contributed by atoms with E-state index in [1.54, 1.807) is 13.0 Å². The molecule has 0 amide bonds. The Hall–Kier alpha value is -1.37. The Morgan fingerprint density at radius 2 is 2.12 bits per heavy atom. The summed E-state index contributed by atoms with van der Waals surface area (Å²) < 4.78 is 0. The summed E-state index contributed by atoms with van der Waals surface area (Å²) in [7, 11) is 1.97. The first-order valence-corrected chi connectivity index (χ1v) is 5.42. The first-order chi connectivity index (χ1) is 7.54. The molecule has 0 aliphatic carbocycles. The highest BCUT2D eigenvalue weighted by Gasteiger charge is 2.14. The predicted molar refractivity (Wildman–Crippen MR) is 63.8 cm³/mol. The van der Waals surface area contributed by atoms with Crippen LogP contribution in [-0.4, -0.2) is 29.2 Å². The number of nitriles is 1. The topological polar surface area (TPSA) is 47.3 Å². The Labute approximate surface area is 96.9 Å². The van der Waals surface area contributed by atoms with Gasteiger partial charge in [-0.2, -0.15) is 5.26 Å². The second-order valence-electron chi connectivity index (χ2n) is 4.21. The molecule has 0 aromatic heterocycles. The third kappa shape index (κ3) is 3.34. The number of aliphatic hydroxyl groups is 1. The number of likely N-dealkylation sites (N-methyl/N-ethyl adjacent to an activating group) is 1. The third-order valence-electron chi connectivity index (χ3n) is 2.88. The molecule has 1 aromatic carbocycles. The number of aliphatic hydroxyl groups excluding tert-OH is 1. The SMILES string of the molecule is CC(O)C(C)N(C)Cc1cccc(C#N)c1. The van der Waals surface area contributed by atoms with Crippen LogP contribution >= 0.6 is 0 Å². The van der Waals surface area contributed by atoms with Gasteiger partial charge in [-0.15, -0.1) is 0 Å². The lowest BCUT2D eigenvalue weighted by Gasteiger charge is -2.26. The van der Waals surface area contributed by atoms with E-state index in [2.05, 4.69) is 11.0 Å². The van der Waals surface area contributed by atoms with Crippen LogP contribution in [0.2, 0.25) is 0 Å². The van der Waals surface area contributed by atoms with Crippen molar-refractivity contribution in [3.8, 4) is 6.07 Å². The fourth-order valence-corrected chi connectivity index (χ4v) is 1.54. The predicted octanol–water partition coefficient (Wildman–Crippen LogP) is 1.76. The average Bonchev–Trinajstić information content (AvgIpc) is 2.28. The van der Waals surface area contributed by atoms with Gasteiger partial charge in [-0.25, -0.2) is 0 Å². The molecule has 0 fully saturated rings. The van der Waals surface area contributed by atoms with Crippen LogP contribution in [0, 0.1) is 11.3 Å². The van der Waals surface area contributed by atoms with Crippen LogP contribution in [0.3, 0.4) is 0 Å². The van der Waals surface area contributed by atoms with Gasteiger partial charge in [0.15, 0.2) is 0 Å². The number of hydrogen-bond acceptors (Lipinski definition) is 3. The molecule has 2 atom stereocenters. The maximum Gasteiger partial charge on any atom is 0.0991 e. The van der Waals surface area contributed by atoms with Crippen LogP contribution < -0.4 is 0 Å². The highest BCUT2D eigenvalue weighted by atomic mass is 16.3. The van der Waals surface area contributed by atoms with Crippen LogP contribution in [0.15, 0.2) is 24.3 Å². The Morgan fingerprint density at radius 3 is 2.69 bits per heavy atom. The van der Waals surface area contributed by atoms with E-state index < -0.39 is 0 Å². The molecule has 2 unspecified atom stereocenters. The first kappa shape index (κ1) is 12.7. The number of rotatable bonds is 4. The summed E-state index contributed by atoms with van der Waals surface area (Å²) in [5.74, 6) is 0. The molecule has 0 saturated heterocycles. The summed E-state index contributed by atoms with van der Waals surface area (Å²) in [4.78, 5) is 2.07. The van der Waals surface area contributed by atoms with Gasteiger partial charge in [0, 0.05) is 12.6 Å². The van der Waals surface area contributed by atoms with E-state index in [1.807, 2.05) is 32.2 Å². The molecule has 0 radical (unpaired) electrons. The molecule has 1 N–H and O–H groups in total. The lowest BCUT2D eigenvalue weighted by Crippen LogP contribution is -2.36. The monoisotopic (exact) mass is 218 g/mol. The van der Waals surface area contributed by atoms with Gasteiger partial charge in [-0.05, 0) is 38.6 Å². The van der Waals surface area contributed by atoms with Gasteiger partial charge in [-0.3, -0.25) is 4.90 Å². The maximum atomic E-state index is 9.48. The molecule has 0 spiro atoms. The van der Waals surface area contributed by atoms with Gasteiger partial charge < -0.3 is 5.11 Å². The zero-order valence-corrected chi connectivity index (χ0v) is 10.0. The highest BCUT2D eigenvalue weighted by molar-refractivity contribution is 5.32. The quantitative estimate of drug-likeness (QED) is 0.837. The van der Waals surface area contributed by atoms with E-state index >= 15 is 0 Å².